The van der Waals surface area contributed by atoms with Crippen molar-refractivity contribution in [2.75, 3.05) is 13.1 Å². The topological polar surface area (TPSA) is 55.6 Å². The smallest absolute Gasteiger partial charge is 0.410 e. The van der Waals surface area contributed by atoms with E-state index in [-0.39, 0.29) is 12.1 Å². The lowest BCUT2D eigenvalue weighted by molar-refractivity contribution is 0.0174. The summed E-state index contributed by atoms with van der Waals surface area (Å²) in [5, 5.41) is 0. The molecule has 4 heteroatoms. The number of hydrogen-bond acceptors (Lipinski definition) is 3. The van der Waals surface area contributed by atoms with Crippen LogP contribution in [0.4, 0.5) is 4.79 Å². The minimum atomic E-state index is -0.428. The Hall–Kier alpha value is -0.770. The van der Waals surface area contributed by atoms with Crippen LogP contribution in [0.2, 0.25) is 0 Å². The highest BCUT2D eigenvalue weighted by molar-refractivity contribution is 5.68. The van der Waals surface area contributed by atoms with Crippen molar-refractivity contribution in [1.29, 1.82) is 0 Å². The predicted octanol–water partition coefficient (Wildman–Crippen LogP) is 2.12. The molecule has 0 aromatic rings. The van der Waals surface area contributed by atoms with Gasteiger partial charge in [0.15, 0.2) is 0 Å². The monoisotopic (exact) mass is 228 g/mol. The number of carbonyl (C=O) groups excluding carboxylic acids is 1. The van der Waals surface area contributed by atoms with E-state index < -0.39 is 5.60 Å². The zero-order valence-electron chi connectivity index (χ0n) is 10.7. The standard InChI is InChI=1S/C12H24N2O2/c1-12(2,3)16-11(15)14-8-6-4-5-7-10(14)9-13/h10H,4-9,13H2,1-3H3/t10-/m0/s1. The summed E-state index contributed by atoms with van der Waals surface area (Å²) < 4.78 is 5.40. The highest BCUT2D eigenvalue weighted by atomic mass is 16.6. The molecular formula is C12H24N2O2. The molecule has 1 aliphatic heterocycles. The molecule has 0 radical (unpaired) electrons. The number of nitrogens with two attached hydrogens (primary N) is 1. The Morgan fingerprint density at radius 1 is 1.38 bits per heavy atom. The summed E-state index contributed by atoms with van der Waals surface area (Å²) in [6.45, 7) is 6.97. The molecule has 1 rings (SSSR count). The van der Waals surface area contributed by atoms with E-state index >= 15 is 0 Å². The normalized spacial score (nSPS) is 22.8. The van der Waals surface area contributed by atoms with E-state index in [1.165, 1.54) is 6.42 Å². The molecule has 16 heavy (non-hydrogen) atoms. The van der Waals surface area contributed by atoms with Gasteiger partial charge in [-0.25, -0.2) is 4.79 Å². The van der Waals surface area contributed by atoms with Gasteiger partial charge in [0.1, 0.15) is 5.60 Å². The fourth-order valence-corrected chi connectivity index (χ4v) is 1.98. The summed E-state index contributed by atoms with van der Waals surface area (Å²) >= 11 is 0. The van der Waals surface area contributed by atoms with Gasteiger partial charge in [0.05, 0.1) is 0 Å². The Bertz CT molecular complexity index is 236. The third kappa shape index (κ3) is 4.00. The molecule has 1 amide bonds. The van der Waals surface area contributed by atoms with Gasteiger partial charge in [-0.3, -0.25) is 0 Å². The Balaban J connectivity index is 2.63. The molecule has 1 atom stereocenters. The maximum Gasteiger partial charge on any atom is 0.410 e. The third-order valence-corrected chi connectivity index (χ3v) is 2.78. The van der Waals surface area contributed by atoms with Crippen LogP contribution in [-0.4, -0.2) is 35.7 Å². The van der Waals surface area contributed by atoms with Crippen molar-refractivity contribution in [2.24, 2.45) is 5.73 Å². The van der Waals surface area contributed by atoms with Crippen LogP contribution in [0.3, 0.4) is 0 Å². The van der Waals surface area contributed by atoms with Crippen LogP contribution < -0.4 is 5.73 Å². The second-order valence-corrected chi connectivity index (χ2v) is 5.41. The number of carbonyl (C=O) groups is 1. The molecule has 0 aromatic carbocycles. The van der Waals surface area contributed by atoms with Crippen molar-refractivity contribution in [3.63, 3.8) is 0 Å². The van der Waals surface area contributed by atoms with Gasteiger partial charge >= 0.3 is 6.09 Å². The summed E-state index contributed by atoms with van der Waals surface area (Å²) in [5.74, 6) is 0. The molecule has 4 nitrogen and oxygen atoms in total. The van der Waals surface area contributed by atoms with Crippen molar-refractivity contribution in [3.05, 3.63) is 0 Å². The van der Waals surface area contributed by atoms with Gasteiger partial charge in [0, 0.05) is 19.1 Å². The maximum absolute atomic E-state index is 12.0. The fourth-order valence-electron chi connectivity index (χ4n) is 1.98. The molecule has 94 valence electrons. The molecule has 1 aliphatic rings. The average molecular weight is 228 g/mol. The minimum Gasteiger partial charge on any atom is -0.444 e. The van der Waals surface area contributed by atoms with Gasteiger partial charge in [-0.1, -0.05) is 12.8 Å². The zero-order chi connectivity index (χ0) is 12.2. The lowest BCUT2D eigenvalue weighted by Crippen LogP contribution is -2.46. The van der Waals surface area contributed by atoms with Gasteiger partial charge < -0.3 is 15.4 Å². The molecule has 0 bridgehead atoms. The molecule has 0 aliphatic carbocycles. The van der Waals surface area contributed by atoms with Gasteiger partial charge in [-0.15, -0.1) is 0 Å². The Labute approximate surface area is 98.1 Å². The molecule has 1 heterocycles. The van der Waals surface area contributed by atoms with Crippen LogP contribution in [0.25, 0.3) is 0 Å². The van der Waals surface area contributed by atoms with E-state index in [1.54, 1.807) is 4.90 Å². The van der Waals surface area contributed by atoms with Crippen molar-refractivity contribution >= 4 is 6.09 Å². The molecule has 0 saturated carbocycles. The first-order chi connectivity index (χ1) is 7.44. The van der Waals surface area contributed by atoms with Crippen LogP contribution in [0, 0.1) is 0 Å². The van der Waals surface area contributed by atoms with Crippen LogP contribution in [0.5, 0.6) is 0 Å². The Morgan fingerprint density at radius 2 is 2.06 bits per heavy atom. The molecule has 0 aromatic heterocycles. The molecule has 2 N–H and O–H groups in total. The van der Waals surface area contributed by atoms with Crippen molar-refractivity contribution in [2.45, 2.75) is 58.1 Å². The highest BCUT2D eigenvalue weighted by Crippen LogP contribution is 2.19. The van der Waals surface area contributed by atoms with Crippen LogP contribution in [0.1, 0.15) is 46.5 Å². The maximum atomic E-state index is 12.0. The van der Waals surface area contributed by atoms with E-state index in [0.29, 0.717) is 6.54 Å². The Kier molecular flexibility index (Phi) is 4.59. The lowest BCUT2D eigenvalue weighted by Gasteiger charge is -2.31. The minimum absolute atomic E-state index is 0.150. The van der Waals surface area contributed by atoms with Crippen molar-refractivity contribution < 1.29 is 9.53 Å². The fraction of sp³-hybridized carbons (Fsp3) is 0.917. The summed E-state index contributed by atoms with van der Waals surface area (Å²) in [6.07, 6.45) is 4.16. The highest BCUT2D eigenvalue weighted by Gasteiger charge is 2.28. The van der Waals surface area contributed by atoms with E-state index in [9.17, 15) is 4.79 Å². The molecular weight excluding hydrogens is 204 g/mol. The molecule has 0 spiro atoms. The Morgan fingerprint density at radius 3 is 2.62 bits per heavy atom. The largest absolute Gasteiger partial charge is 0.444 e. The molecule has 1 fully saturated rings. The number of likely N-dealkylation sites (tertiary alicyclic amines) is 1. The first kappa shape index (κ1) is 13.3. The third-order valence-electron chi connectivity index (χ3n) is 2.78. The number of rotatable bonds is 1. The molecule has 0 unspecified atom stereocenters. The quantitative estimate of drug-likeness (QED) is 0.748. The first-order valence-corrected chi connectivity index (χ1v) is 6.14. The second kappa shape index (κ2) is 5.53. The SMILES string of the molecule is CC(C)(C)OC(=O)N1CCCCC[C@H]1CN. The summed E-state index contributed by atoms with van der Waals surface area (Å²) in [7, 11) is 0. The first-order valence-electron chi connectivity index (χ1n) is 6.14. The number of ether oxygens (including phenoxy) is 1. The summed E-state index contributed by atoms with van der Waals surface area (Å²) in [5.41, 5.74) is 5.29. The van der Waals surface area contributed by atoms with Crippen molar-refractivity contribution in [1.82, 2.24) is 4.90 Å². The van der Waals surface area contributed by atoms with E-state index in [0.717, 1.165) is 25.8 Å². The lowest BCUT2D eigenvalue weighted by atomic mass is 10.1. The van der Waals surface area contributed by atoms with E-state index in [2.05, 4.69) is 0 Å². The van der Waals surface area contributed by atoms with Crippen LogP contribution in [-0.2, 0) is 4.74 Å². The van der Waals surface area contributed by atoms with Gasteiger partial charge in [-0.2, -0.15) is 0 Å². The van der Waals surface area contributed by atoms with Gasteiger partial charge in [0.25, 0.3) is 0 Å². The van der Waals surface area contributed by atoms with Gasteiger partial charge in [0.2, 0.25) is 0 Å². The van der Waals surface area contributed by atoms with Crippen LogP contribution >= 0.6 is 0 Å². The van der Waals surface area contributed by atoms with Crippen molar-refractivity contribution in [3.8, 4) is 0 Å². The number of hydrogen-bond donors (Lipinski definition) is 1. The predicted molar refractivity (Wildman–Crippen MR) is 64.3 cm³/mol. The summed E-state index contributed by atoms with van der Waals surface area (Å²) in [4.78, 5) is 13.8. The second-order valence-electron chi connectivity index (χ2n) is 5.41. The van der Waals surface area contributed by atoms with E-state index in [1.807, 2.05) is 20.8 Å². The number of nitrogens with zero attached hydrogens (tertiary/aromatic N) is 1. The van der Waals surface area contributed by atoms with Gasteiger partial charge in [-0.05, 0) is 33.6 Å². The van der Waals surface area contributed by atoms with Crippen LogP contribution in [0.15, 0.2) is 0 Å². The van der Waals surface area contributed by atoms with E-state index in [4.69, 9.17) is 10.5 Å². The number of amides is 1. The average Bonchev–Trinajstić information content (AvgIpc) is 2.39. The molecule has 1 saturated heterocycles. The zero-order valence-corrected chi connectivity index (χ0v) is 10.7. The summed E-state index contributed by atoms with van der Waals surface area (Å²) in [6, 6.07) is 0.150.